The van der Waals surface area contributed by atoms with Crippen molar-refractivity contribution in [3.05, 3.63) is 40.8 Å². The lowest BCUT2D eigenvalue weighted by Gasteiger charge is -2.04. The molecule has 1 aromatic heterocycles. The molecular weight excluding hydrogens is 224 g/mol. The van der Waals surface area contributed by atoms with Crippen molar-refractivity contribution in [1.82, 2.24) is 4.37 Å². The molecule has 0 atom stereocenters. The van der Waals surface area contributed by atoms with Crippen LogP contribution in [0.1, 0.15) is 15.2 Å². The molecule has 0 amide bonds. The van der Waals surface area contributed by atoms with Crippen LogP contribution in [0.3, 0.4) is 0 Å². The minimum absolute atomic E-state index is 0.335. The van der Waals surface area contributed by atoms with E-state index in [1.165, 1.54) is 6.07 Å². The Balaban J connectivity index is 2.17. The molecule has 0 aliphatic heterocycles. The highest BCUT2D eigenvalue weighted by Gasteiger charge is 2.12. The first-order valence-corrected chi connectivity index (χ1v) is 5.44. The van der Waals surface area contributed by atoms with Gasteiger partial charge >= 0.3 is 5.97 Å². The smallest absolute Gasteiger partial charge is 0.355 e. The van der Waals surface area contributed by atoms with Gasteiger partial charge in [-0.3, -0.25) is 0 Å². The minimum atomic E-state index is -0.427. The number of para-hydroxylation sites is 1. The normalized spacial score (nSPS) is 10.1. The number of ether oxygens (including phenoxy) is 1. The molecule has 1 aromatic carbocycles. The quantitative estimate of drug-likeness (QED) is 0.639. The van der Waals surface area contributed by atoms with Gasteiger partial charge in [-0.15, -0.1) is 0 Å². The molecule has 0 fully saturated rings. The number of aromatic nitrogens is 1. The maximum absolute atomic E-state index is 11.7. The molecular formula is C11H10N2O2S. The van der Waals surface area contributed by atoms with Crippen LogP contribution >= 0.6 is 11.5 Å². The zero-order valence-electron chi connectivity index (χ0n) is 8.64. The predicted octanol–water partition coefficient (Wildman–Crippen LogP) is 2.25. The molecule has 1 heterocycles. The highest BCUT2D eigenvalue weighted by atomic mass is 32.1. The number of hydrogen-bond acceptors (Lipinski definition) is 5. The SMILES string of the molecule is Cc1ccccc1OC(=O)c1cc(N)ns1. The third-order valence-electron chi connectivity index (χ3n) is 2.03. The van der Waals surface area contributed by atoms with Crippen LogP contribution < -0.4 is 10.5 Å². The summed E-state index contributed by atoms with van der Waals surface area (Å²) in [5.41, 5.74) is 6.34. The lowest BCUT2D eigenvalue weighted by molar-refractivity contribution is 0.0738. The fraction of sp³-hybridized carbons (Fsp3) is 0.0909. The number of carbonyl (C=O) groups excluding carboxylic acids is 1. The van der Waals surface area contributed by atoms with Gasteiger partial charge in [-0.2, -0.15) is 4.37 Å². The van der Waals surface area contributed by atoms with Gasteiger partial charge in [-0.25, -0.2) is 4.79 Å². The molecule has 4 nitrogen and oxygen atoms in total. The van der Waals surface area contributed by atoms with E-state index < -0.39 is 5.97 Å². The van der Waals surface area contributed by atoms with Gasteiger partial charge in [-0.05, 0) is 30.1 Å². The second-order valence-electron chi connectivity index (χ2n) is 3.27. The summed E-state index contributed by atoms with van der Waals surface area (Å²) in [6.07, 6.45) is 0. The molecule has 2 N–H and O–H groups in total. The average molecular weight is 234 g/mol. The Morgan fingerprint density at radius 1 is 1.44 bits per heavy atom. The number of benzene rings is 1. The number of carbonyl (C=O) groups is 1. The first-order valence-electron chi connectivity index (χ1n) is 4.67. The van der Waals surface area contributed by atoms with Gasteiger partial charge in [0, 0.05) is 6.07 Å². The maximum atomic E-state index is 11.7. The topological polar surface area (TPSA) is 65.2 Å². The van der Waals surface area contributed by atoms with E-state index in [0.29, 0.717) is 16.4 Å². The van der Waals surface area contributed by atoms with Crippen molar-refractivity contribution in [2.75, 3.05) is 5.73 Å². The summed E-state index contributed by atoms with van der Waals surface area (Å²) in [5.74, 6) is 0.463. The van der Waals surface area contributed by atoms with Gasteiger partial charge in [0.2, 0.25) is 0 Å². The van der Waals surface area contributed by atoms with Gasteiger partial charge < -0.3 is 10.5 Å². The van der Waals surface area contributed by atoms with Crippen molar-refractivity contribution in [1.29, 1.82) is 0 Å². The Hall–Kier alpha value is -1.88. The van der Waals surface area contributed by atoms with Crippen LogP contribution in [-0.2, 0) is 0 Å². The van der Waals surface area contributed by atoms with Crippen LogP contribution in [0.15, 0.2) is 30.3 Å². The number of hydrogen-bond donors (Lipinski definition) is 1. The third kappa shape index (κ3) is 2.20. The molecule has 0 radical (unpaired) electrons. The number of nitrogens with two attached hydrogens (primary N) is 1. The van der Waals surface area contributed by atoms with Gasteiger partial charge in [0.15, 0.2) is 0 Å². The first kappa shape index (κ1) is 10.6. The van der Waals surface area contributed by atoms with E-state index >= 15 is 0 Å². The molecule has 0 unspecified atom stereocenters. The van der Waals surface area contributed by atoms with Crippen LogP contribution in [-0.4, -0.2) is 10.3 Å². The summed E-state index contributed by atoms with van der Waals surface area (Å²) in [6, 6.07) is 8.83. The number of nitrogens with zero attached hydrogens (tertiary/aromatic N) is 1. The van der Waals surface area contributed by atoms with Crippen molar-refractivity contribution >= 4 is 23.3 Å². The van der Waals surface area contributed by atoms with E-state index in [2.05, 4.69) is 4.37 Å². The molecule has 0 aliphatic rings. The number of esters is 1. The number of nitrogen functional groups attached to an aromatic ring is 1. The summed E-state index contributed by atoms with van der Waals surface area (Å²) in [4.78, 5) is 12.1. The lowest BCUT2D eigenvalue weighted by atomic mass is 10.2. The van der Waals surface area contributed by atoms with Crippen LogP contribution in [0.4, 0.5) is 5.82 Å². The maximum Gasteiger partial charge on any atom is 0.355 e. The summed E-state index contributed by atoms with van der Waals surface area (Å²) in [6.45, 7) is 1.88. The Kier molecular flexibility index (Phi) is 2.87. The highest BCUT2D eigenvalue weighted by molar-refractivity contribution is 7.08. The monoisotopic (exact) mass is 234 g/mol. The van der Waals surface area contributed by atoms with Crippen LogP contribution in [0.25, 0.3) is 0 Å². The molecule has 82 valence electrons. The summed E-state index contributed by atoms with van der Waals surface area (Å²) in [7, 11) is 0. The number of aryl methyl sites for hydroxylation is 1. The summed E-state index contributed by atoms with van der Waals surface area (Å²) < 4.78 is 9.04. The molecule has 0 aliphatic carbocycles. The Morgan fingerprint density at radius 2 is 2.19 bits per heavy atom. The van der Waals surface area contributed by atoms with E-state index in [1.807, 2.05) is 25.1 Å². The molecule has 2 aromatic rings. The molecule has 0 spiro atoms. The first-order chi connectivity index (χ1) is 7.66. The van der Waals surface area contributed by atoms with E-state index in [0.717, 1.165) is 17.1 Å². The predicted molar refractivity (Wildman–Crippen MR) is 62.7 cm³/mol. The fourth-order valence-electron chi connectivity index (χ4n) is 1.21. The third-order valence-corrected chi connectivity index (χ3v) is 2.81. The molecule has 0 saturated heterocycles. The van der Waals surface area contributed by atoms with Crippen molar-refractivity contribution in [3.8, 4) is 5.75 Å². The van der Waals surface area contributed by atoms with E-state index in [1.54, 1.807) is 6.07 Å². The molecule has 5 heteroatoms. The lowest BCUT2D eigenvalue weighted by Crippen LogP contribution is -2.07. The van der Waals surface area contributed by atoms with E-state index in [4.69, 9.17) is 10.5 Å². The van der Waals surface area contributed by atoms with Crippen molar-refractivity contribution < 1.29 is 9.53 Å². The van der Waals surface area contributed by atoms with Crippen molar-refractivity contribution in [3.63, 3.8) is 0 Å². The van der Waals surface area contributed by atoms with Crippen LogP contribution in [0.5, 0.6) is 5.75 Å². The van der Waals surface area contributed by atoms with Crippen LogP contribution in [0, 0.1) is 6.92 Å². The summed E-state index contributed by atoms with van der Waals surface area (Å²) >= 11 is 1.03. The van der Waals surface area contributed by atoms with Gasteiger partial charge in [-0.1, -0.05) is 18.2 Å². The zero-order chi connectivity index (χ0) is 11.5. The molecule has 0 bridgehead atoms. The molecule has 2 rings (SSSR count). The second kappa shape index (κ2) is 4.32. The van der Waals surface area contributed by atoms with Crippen molar-refractivity contribution in [2.45, 2.75) is 6.92 Å². The van der Waals surface area contributed by atoms with Crippen molar-refractivity contribution in [2.24, 2.45) is 0 Å². The molecule has 16 heavy (non-hydrogen) atoms. The zero-order valence-corrected chi connectivity index (χ0v) is 9.45. The second-order valence-corrected chi connectivity index (χ2v) is 4.08. The number of rotatable bonds is 2. The van der Waals surface area contributed by atoms with Gasteiger partial charge in [0.05, 0.1) is 0 Å². The average Bonchev–Trinajstić information content (AvgIpc) is 2.68. The van der Waals surface area contributed by atoms with Gasteiger partial charge in [0.25, 0.3) is 0 Å². The summed E-state index contributed by atoms with van der Waals surface area (Å²) in [5, 5.41) is 0. The standard InChI is InChI=1S/C11H10N2O2S/c1-7-4-2-3-5-8(7)15-11(14)9-6-10(12)13-16-9/h2-6H,1H3,(H2,12,13). The number of anilines is 1. The Bertz CT molecular complexity index is 522. The van der Waals surface area contributed by atoms with Gasteiger partial charge in [0.1, 0.15) is 16.4 Å². The Labute approximate surface area is 96.8 Å². The largest absolute Gasteiger partial charge is 0.422 e. The van der Waals surface area contributed by atoms with E-state index in [-0.39, 0.29) is 0 Å². The Morgan fingerprint density at radius 3 is 2.81 bits per heavy atom. The molecule has 0 saturated carbocycles. The van der Waals surface area contributed by atoms with E-state index in [9.17, 15) is 4.79 Å². The fourth-order valence-corrected chi connectivity index (χ4v) is 1.75. The highest BCUT2D eigenvalue weighted by Crippen LogP contribution is 2.19. The minimum Gasteiger partial charge on any atom is -0.422 e. The van der Waals surface area contributed by atoms with Crippen LogP contribution in [0.2, 0.25) is 0 Å².